The lowest BCUT2D eigenvalue weighted by atomic mass is 10.2. The van der Waals surface area contributed by atoms with Gasteiger partial charge in [-0.05, 0) is 44.1 Å². The average molecular weight is 340 g/mol. The predicted octanol–water partition coefficient (Wildman–Crippen LogP) is 3.11. The maximum Gasteiger partial charge on any atom is 0.331 e. The third-order valence-electron chi connectivity index (χ3n) is 1.78. The van der Waals surface area contributed by atoms with Gasteiger partial charge in [0.15, 0.2) is 0 Å². The van der Waals surface area contributed by atoms with Crippen molar-refractivity contribution >= 4 is 28.6 Å². The van der Waals surface area contributed by atoms with Gasteiger partial charge < -0.3 is 9.47 Å². The van der Waals surface area contributed by atoms with Gasteiger partial charge in [-0.1, -0.05) is 22.6 Å². The van der Waals surface area contributed by atoms with E-state index in [0.29, 0.717) is 0 Å². The molecule has 0 heterocycles. The first kappa shape index (κ1) is 15.9. The molecular weight excluding hydrogens is 319 g/mol. The SMILES string of the molecule is COC(/C=C/C(=O)OC(C)(C)C)CCCI. The first-order valence-electron chi connectivity index (χ1n) is 5.39. The number of hydrogen-bond donors (Lipinski definition) is 0. The zero-order chi connectivity index (χ0) is 12.6. The Morgan fingerprint density at radius 1 is 1.44 bits per heavy atom. The molecular formula is C12H21IO3. The fourth-order valence-corrected chi connectivity index (χ4v) is 1.53. The highest BCUT2D eigenvalue weighted by atomic mass is 127. The zero-order valence-electron chi connectivity index (χ0n) is 10.5. The number of rotatable bonds is 6. The van der Waals surface area contributed by atoms with Gasteiger partial charge in [-0.2, -0.15) is 0 Å². The molecule has 0 radical (unpaired) electrons. The largest absolute Gasteiger partial charge is 0.457 e. The number of carbonyl (C=O) groups is 1. The molecule has 0 aliphatic rings. The molecule has 0 saturated carbocycles. The maximum atomic E-state index is 11.4. The minimum Gasteiger partial charge on any atom is -0.457 e. The summed E-state index contributed by atoms with van der Waals surface area (Å²) in [6, 6.07) is 0. The Balaban J connectivity index is 4.08. The molecule has 0 bridgehead atoms. The van der Waals surface area contributed by atoms with Gasteiger partial charge in [0.2, 0.25) is 0 Å². The van der Waals surface area contributed by atoms with Gasteiger partial charge in [0.25, 0.3) is 0 Å². The summed E-state index contributed by atoms with van der Waals surface area (Å²) in [7, 11) is 1.65. The summed E-state index contributed by atoms with van der Waals surface area (Å²) in [6.07, 6.45) is 5.23. The molecule has 94 valence electrons. The maximum absolute atomic E-state index is 11.4. The predicted molar refractivity (Wildman–Crippen MR) is 73.9 cm³/mol. The van der Waals surface area contributed by atoms with Crippen molar-refractivity contribution in [2.24, 2.45) is 0 Å². The third-order valence-corrected chi connectivity index (χ3v) is 2.54. The van der Waals surface area contributed by atoms with Crippen molar-refractivity contribution in [2.75, 3.05) is 11.5 Å². The van der Waals surface area contributed by atoms with E-state index in [9.17, 15) is 4.79 Å². The number of esters is 1. The summed E-state index contributed by atoms with van der Waals surface area (Å²) in [6.45, 7) is 5.55. The Kier molecular flexibility index (Phi) is 8.01. The Labute approximate surface area is 112 Å². The van der Waals surface area contributed by atoms with Crippen molar-refractivity contribution in [1.82, 2.24) is 0 Å². The van der Waals surface area contributed by atoms with Crippen LogP contribution in [0.3, 0.4) is 0 Å². The summed E-state index contributed by atoms with van der Waals surface area (Å²) in [5.74, 6) is -0.316. The van der Waals surface area contributed by atoms with Gasteiger partial charge in [0, 0.05) is 13.2 Å². The quantitative estimate of drug-likeness (QED) is 0.323. The summed E-state index contributed by atoms with van der Waals surface area (Å²) >= 11 is 2.33. The van der Waals surface area contributed by atoms with E-state index >= 15 is 0 Å². The van der Waals surface area contributed by atoms with Crippen LogP contribution in [-0.2, 0) is 14.3 Å². The van der Waals surface area contributed by atoms with E-state index < -0.39 is 5.60 Å². The van der Waals surface area contributed by atoms with Crippen LogP contribution in [0.1, 0.15) is 33.6 Å². The highest BCUT2D eigenvalue weighted by Crippen LogP contribution is 2.09. The van der Waals surface area contributed by atoms with Gasteiger partial charge in [0.05, 0.1) is 6.10 Å². The van der Waals surface area contributed by atoms with E-state index in [2.05, 4.69) is 22.6 Å². The zero-order valence-corrected chi connectivity index (χ0v) is 12.6. The molecule has 3 nitrogen and oxygen atoms in total. The van der Waals surface area contributed by atoms with Crippen molar-refractivity contribution in [2.45, 2.75) is 45.3 Å². The van der Waals surface area contributed by atoms with Gasteiger partial charge in [-0.25, -0.2) is 4.79 Å². The van der Waals surface area contributed by atoms with Crippen LogP contribution in [0.15, 0.2) is 12.2 Å². The molecule has 0 saturated heterocycles. The highest BCUT2D eigenvalue weighted by Gasteiger charge is 2.14. The molecule has 0 aromatic rings. The van der Waals surface area contributed by atoms with Gasteiger partial charge in [-0.3, -0.25) is 0 Å². The van der Waals surface area contributed by atoms with Crippen LogP contribution in [0.4, 0.5) is 0 Å². The highest BCUT2D eigenvalue weighted by molar-refractivity contribution is 14.1. The second kappa shape index (κ2) is 8.06. The van der Waals surface area contributed by atoms with Crippen molar-refractivity contribution in [3.63, 3.8) is 0 Å². The lowest BCUT2D eigenvalue weighted by Gasteiger charge is -2.18. The van der Waals surface area contributed by atoms with Crippen molar-refractivity contribution in [1.29, 1.82) is 0 Å². The summed E-state index contributed by atoms with van der Waals surface area (Å²) in [5, 5.41) is 0. The van der Waals surface area contributed by atoms with E-state index in [1.165, 1.54) is 6.08 Å². The second-order valence-corrected chi connectivity index (χ2v) is 5.58. The number of hydrogen-bond acceptors (Lipinski definition) is 3. The van der Waals surface area contributed by atoms with E-state index in [-0.39, 0.29) is 12.1 Å². The number of ether oxygens (including phenoxy) is 2. The van der Waals surface area contributed by atoms with Crippen molar-refractivity contribution in [3.05, 3.63) is 12.2 Å². The van der Waals surface area contributed by atoms with Crippen LogP contribution in [0, 0.1) is 0 Å². The van der Waals surface area contributed by atoms with E-state index in [0.717, 1.165) is 17.3 Å². The van der Waals surface area contributed by atoms with Crippen LogP contribution in [0.2, 0.25) is 0 Å². The molecule has 0 amide bonds. The molecule has 0 aliphatic carbocycles. The van der Waals surface area contributed by atoms with Gasteiger partial charge in [0.1, 0.15) is 5.60 Å². The topological polar surface area (TPSA) is 35.5 Å². The number of methoxy groups -OCH3 is 1. The Hall–Kier alpha value is -0.100. The molecule has 0 spiro atoms. The fourth-order valence-electron chi connectivity index (χ4n) is 1.09. The van der Waals surface area contributed by atoms with Gasteiger partial charge in [-0.15, -0.1) is 0 Å². The molecule has 0 N–H and O–H groups in total. The summed E-state index contributed by atoms with van der Waals surface area (Å²) < 4.78 is 11.5. The molecule has 16 heavy (non-hydrogen) atoms. The lowest BCUT2D eigenvalue weighted by molar-refractivity contribution is -0.148. The molecule has 4 heteroatoms. The van der Waals surface area contributed by atoms with E-state index in [1.54, 1.807) is 13.2 Å². The first-order valence-corrected chi connectivity index (χ1v) is 6.91. The lowest BCUT2D eigenvalue weighted by Crippen LogP contribution is -2.22. The average Bonchev–Trinajstić information content (AvgIpc) is 2.15. The Morgan fingerprint density at radius 3 is 2.50 bits per heavy atom. The molecule has 0 aromatic heterocycles. The number of alkyl halides is 1. The first-order chi connectivity index (χ1) is 7.39. The van der Waals surface area contributed by atoms with Crippen LogP contribution >= 0.6 is 22.6 Å². The monoisotopic (exact) mass is 340 g/mol. The van der Waals surface area contributed by atoms with Crippen molar-refractivity contribution < 1.29 is 14.3 Å². The number of carbonyl (C=O) groups excluding carboxylic acids is 1. The normalized spacial score (nSPS) is 14.1. The Bertz CT molecular complexity index is 231. The molecule has 0 aliphatic heterocycles. The fraction of sp³-hybridized carbons (Fsp3) is 0.750. The van der Waals surface area contributed by atoms with Crippen LogP contribution in [-0.4, -0.2) is 29.2 Å². The second-order valence-electron chi connectivity index (χ2n) is 4.50. The smallest absolute Gasteiger partial charge is 0.331 e. The minimum absolute atomic E-state index is 0.00212. The summed E-state index contributed by atoms with van der Waals surface area (Å²) in [4.78, 5) is 11.4. The van der Waals surface area contributed by atoms with Crippen LogP contribution in [0.5, 0.6) is 0 Å². The molecule has 1 atom stereocenters. The minimum atomic E-state index is -0.438. The summed E-state index contributed by atoms with van der Waals surface area (Å²) in [5.41, 5.74) is -0.438. The van der Waals surface area contributed by atoms with Crippen LogP contribution < -0.4 is 0 Å². The number of halogens is 1. The van der Waals surface area contributed by atoms with Crippen molar-refractivity contribution in [3.8, 4) is 0 Å². The standard InChI is InChI=1S/C12H21IO3/c1-12(2,3)16-11(14)8-7-10(15-4)6-5-9-13/h7-8,10H,5-6,9H2,1-4H3/b8-7+. The molecule has 1 unspecified atom stereocenters. The van der Waals surface area contributed by atoms with Crippen LogP contribution in [0.25, 0.3) is 0 Å². The molecule has 0 aromatic carbocycles. The molecule has 0 fully saturated rings. The van der Waals surface area contributed by atoms with Gasteiger partial charge >= 0.3 is 5.97 Å². The van der Waals surface area contributed by atoms with E-state index in [4.69, 9.17) is 9.47 Å². The Morgan fingerprint density at radius 2 is 2.06 bits per heavy atom. The third kappa shape index (κ3) is 9.15. The molecule has 0 rings (SSSR count). The van der Waals surface area contributed by atoms with E-state index in [1.807, 2.05) is 20.8 Å².